The third-order valence-electron chi connectivity index (χ3n) is 6.73. The van der Waals surface area contributed by atoms with E-state index in [0.29, 0.717) is 13.2 Å². The summed E-state index contributed by atoms with van der Waals surface area (Å²) in [4.78, 5) is 17.4. The van der Waals surface area contributed by atoms with Crippen LogP contribution in [-0.4, -0.2) is 44.7 Å². The molecule has 0 unspecified atom stereocenters. The summed E-state index contributed by atoms with van der Waals surface area (Å²) in [6.45, 7) is 5.21. The van der Waals surface area contributed by atoms with E-state index in [9.17, 15) is 4.79 Å². The van der Waals surface area contributed by atoms with E-state index in [0.717, 1.165) is 49.5 Å². The van der Waals surface area contributed by atoms with E-state index >= 15 is 0 Å². The van der Waals surface area contributed by atoms with Gasteiger partial charge in [0, 0.05) is 45.1 Å². The first-order valence-electron chi connectivity index (χ1n) is 12.9. The van der Waals surface area contributed by atoms with Crippen molar-refractivity contribution >= 4 is 17.4 Å². The molecule has 1 atom stereocenters. The van der Waals surface area contributed by atoms with Gasteiger partial charge in [-0.25, -0.2) is 4.79 Å². The van der Waals surface area contributed by atoms with Crippen LogP contribution in [0.25, 0.3) is 0 Å². The first-order valence-corrected chi connectivity index (χ1v) is 12.9. The molecule has 0 saturated heterocycles. The van der Waals surface area contributed by atoms with Gasteiger partial charge in [-0.1, -0.05) is 49.7 Å². The maximum absolute atomic E-state index is 12.8. The van der Waals surface area contributed by atoms with Gasteiger partial charge in [-0.2, -0.15) is 0 Å². The van der Waals surface area contributed by atoms with E-state index in [1.165, 1.54) is 16.7 Å². The van der Waals surface area contributed by atoms with Crippen molar-refractivity contribution < 1.29 is 9.53 Å². The van der Waals surface area contributed by atoms with Gasteiger partial charge in [0.05, 0.1) is 12.6 Å². The SMILES string of the molecule is CCCCOc1ccc(NC(=O)NC[C@@H](c2ccc(N(C)C)cc2)N2CCc3ccccc3C2)cc1. The number of hydrogen-bond acceptors (Lipinski definition) is 4. The van der Waals surface area contributed by atoms with E-state index in [1.807, 2.05) is 38.4 Å². The van der Waals surface area contributed by atoms with Crippen LogP contribution < -0.4 is 20.3 Å². The number of hydrogen-bond donors (Lipinski definition) is 2. The first kappa shape index (κ1) is 25.6. The molecular formula is C30H38N4O2. The number of benzene rings is 3. The first-order chi connectivity index (χ1) is 17.5. The van der Waals surface area contributed by atoms with Gasteiger partial charge in [0.15, 0.2) is 0 Å². The minimum atomic E-state index is -0.207. The third-order valence-corrected chi connectivity index (χ3v) is 6.73. The number of carbonyl (C=O) groups is 1. The van der Waals surface area contributed by atoms with Crippen molar-refractivity contribution in [2.75, 3.05) is 44.0 Å². The van der Waals surface area contributed by atoms with Crippen molar-refractivity contribution in [2.24, 2.45) is 0 Å². The van der Waals surface area contributed by atoms with Crippen molar-refractivity contribution in [2.45, 2.75) is 38.8 Å². The number of rotatable bonds is 10. The molecule has 0 fully saturated rings. The molecule has 0 spiro atoms. The molecule has 2 N–H and O–H groups in total. The Balaban J connectivity index is 1.41. The second kappa shape index (κ2) is 12.5. The number of nitrogens with zero attached hydrogens (tertiary/aromatic N) is 2. The zero-order chi connectivity index (χ0) is 25.3. The van der Waals surface area contributed by atoms with Gasteiger partial charge in [0.25, 0.3) is 0 Å². The van der Waals surface area contributed by atoms with Crippen molar-refractivity contribution in [3.8, 4) is 5.75 Å². The van der Waals surface area contributed by atoms with Crippen LogP contribution in [0, 0.1) is 0 Å². The number of urea groups is 1. The molecule has 0 aliphatic carbocycles. The molecule has 4 rings (SSSR count). The predicted molar refractivity (Wildman–Crippen MR) is 148 cm³/mol. The summed E-state index contributed by atoms with van der Waals surface area (Å²) in [5.41, 5.74) is 5.89. The van der Waals surface area contributed by atoms with Gasteiger partial charge in [-0.3, -0.25) is 4.90 Å². The Hall–Kier alpha value is -3.51. The van der Waals surface area contributed by atoms with Crippen LogP contribution in [0.4, 0.5) is 16.2 Å². The average Bonchev–Trinajstić information content (AvgIpc) is 2.90. The summed E-state index contributed by atoms with van der Waals surface area (Å²) < 4.78 is 5.71. The summed E-state index contributed by atoms with van der Waals surface area (Å²) in [6, 6.07) is 24.7. The largest absolute Gasteiger partial charge is 0.494 e. The van der Waals surface area contributed by atoms with Crippen molar-refractivity contribution in [3.63, 3.8) is 0 Å². The average molecular weight is 487 g/mol. The fourth-order valence-electron chi connectivity index (χ4n) is 4.57. The predicted octanol–water partition coefficient (Wildman–Crippen LogP) is 5.85. The monoisotopic (exact) mass is 486 g/mol. The minimum Gasteiger partial charge on any atom is -0.494 e. The molecule has 190 valence electrons. The van der Waals surface area contributed by atoms with Crippen LogP contribution in [0.5, 0.6) is 5.75 Å². The normalized spacial score (nSPS) is 14.0. The number of fused-ring (bicyclic) bond motifs is 1. The lowest BCUT2D eigenvalue weighted by Crippen LogP contribution is -2.41. The lowest BCUT2D eigenvalue weighted by molar-refractivity contribution is 0.175. The van der Waals surface area contributed by atoms with Crippen molar-refractivity contribution in [1.29, 1.82) is 0 Å². The molecule has 3 aromatic carbocycles. The number of anilines is 2. The van der Waals surface area contributed by atoms with Gasteiger partial charge >= 0.3 is 6.03 Å². The number of amides is 2. The smallest absolute Gasteiger partial charge is 0.319 e. The Labute approximate surface area is 215 Å². The third kappa shape index (κ3) is 6.79. The molecule has 6 heteroatoms. The molecular weight excluding hydrogens is 448 g/mol. The Morgan fingerprint density at radius 3 is 2.42 bits per heavy atom. The highest BCUT2D eigenvalue weighted by Gasteiger charge is 2.25. The number of nitrogens with one attached hydrogen (secondary N) is 2. The molecule has 0 saturated carbocycles. The second-order valence-corrected chi connectivity index (χ2v) is 9.55. The van der Waals surface area contributed by atoms with E-state index < -0.39 is 0 Å². The Morgan fingerprint density at radius 1 is 1.00 bits per heavy atom. The standard InChI is InChI=1S/C30H38N4O2/c1-4-5-20-36-28-16-12-26(13-17-28)32-30(35)31-21-29(24-10-14-27(15-11-24)33(2)3)34-19-18-23-8-6-7-9-25(23)22-34/h6-17,29H,4-5,18-22H2,1-3H3,(H2,31,32,35)/t29-/m0/s1. The highest BCUT2D eigenvalue weighted by atomic mass is 16.5. The van der Waals surface area contributed by atoms with E-state index in [4.69, 9.17) is 4.74 Å². The Kier molecular flexibility index (Phi) is 8.85. The van der Waals surface area contributed by atoms with Crippen LogP contribution in [0.15, 0.2) is 72.8 Å². The lowest BCUT2D eigenvalue weighted by atomic mass is 9.96. The maximum atomic E-state index is 12.8. The zero-order valence-corrected chi connectivity index (χ0v) is 21.7. The Bertz CT molecular complexity index is 1110. The van der Waals surface area contributed by atoms with Crippen LogP contribution >= 0.6 is 0 Å². The molecule has 0 radical (unpaired) electrons. The zero-order valence-electron chi connectivity index (χ0n) is 21.7. The second-order valence-electron chi connectivity index (χ2n) is 9.55. The lowest BCUT2D eigenvalue weighted by Gasteiger charge is -2.36. The fourth-order valence-corrected chi connectivity index (χ4v) is 4.57. The number of carbonyl (C=O) groups excluding carboxylic acids is 1. The molecule has 6 nitrogen and oxygen atoms in total. The molecule has 2 amide bonds. The molecule has 0 aromatic heterocycles. The number of unbranched alkanes of at least 4 members (excludes halogenated alkanes) is 1. The van der Waals surface area contributed by atoms with Crippen molar-refractivity contribution in [1.82, 2.24) is 10.2 Å². The fraction of sp³-hybridized carbons (Fsp3) is 0.367. The summed E-state index contributed by atoms with van der Waals surface area (Å²) in [7, 11) is 4.09. The molecule has 3 aromatic rings. The summed E-state index contributed by atoms with van der Waals surface area (Å²) >= 11 is 0. The van der Waals surface area contributed by atoms with Crippen LogP contribution in [0.2, 0.25) is 0 Å². The topological polar surface area (TPSA) is 56.8 Å². The van der Waals surface area contributed by atoms with Crippen LogP contribution in [0.1, 0.15) is 42.5 Å². The summed E-state index contributed by atoms with van der Waals surface area (Å²) in [5, 5.41) is 6.07. The highest BCUT2D eigenvalue weighted by molar-refractivity contribution is 5.89. The number of ether oxygens (including phenoxy) is 1. The highest BCUT2D eigenvalue weighted by Crippen LogP contribution is 2.29. The summed E-state index contributed by atoms with van der Waals surface area (Å²) in [6.07, 6.45) is 3.15. The van der Waals surface area contributed by atoms with Gasteiger partial charge in [0.2, 0.25) is 0 Å². The maximum Gasteiger partial charge on any atom is 0.319 e. The van der Waals surface area contributed by atoms with Gasteiger partial charge in [-0.05, 0) is 65.9 Å². The van der Waals surface area contributed by atoms with E-state index in [1.54, 1.807) is 0 Å². The van der Waals surface area contributed by atoms with Gasteiger partial charge < -0.3 is 20.3 Å². The summed E-state index contributed by atoms with van der Waals surface area (Å²) in [5.74, 6) is 0.820. The van der Waals surface area contributed by atoms with E-state index in [-0.39, 0.29) is 12.1 Å². The Morgan fingerprint density at radius 2 is 1.72 bits per heavy atom. The minimum absolute atomic E-state index is 0.0784. The molecule has 1 aliphatic heterocycles. The van der Waals surface area contributed by atoms with Crippen LogP contribution in [-0.2, 0) is 13.0 Å². The molecule has 1 aliphatic rings. The quantitative estimate of drug-likeness (QED) is 0.353. The van der Waals surface area contributed by atoms with Crippen LogP contribution in [0.3, 0.4) is 0 Å². The van der Waals surface area contributed by atoms with Crippen molar-refractivity contribution in [3.05, 3.63) is 89.5 Å². The van der Waals surface area contributed by atoms with Gasteiger partial charge in [-0.15, -0.1) is 0 Å². The molecule has 36 heavy (non-hydrogen) atoms. The molecule has 0 bridgehead atoms. The van der Waals surface area contributed by atoms with Gasteiger partial charge in [0.1, 0.15) is 5.75 Å². The van der Waals surface area contributed by atoms with E-state index in [2.05, 4.69) is 75.9 Å². The molecule has 1 heterocycles.